The van der Waals surface area contributed by atoms with Crippen molar-refractivity contribution in [3.05, 3.63) is 46.0 Å². The lowest BCUT2D eigenvalue weighted by Crippen LogP contribution is -2.37. The number of rotatable bonds is 8. The summed E-state index contributed by atoms with van der Waals surface area (Å²) < 4.78 is 1.43. The highest BCUT2D eigenvalue weighted by Crippen LogP contribution is 2.04. The van der Waals surface area contributed by atoms with Crippen molar-refractivity contribution >= 4 is 11.6 Å². The maximum Gasteiger partial charge on any atom is 0.270 e. The minimum Gasteiger partial charge on any atom is -0.349 e. The van der Waals surface area contributed by atoms with Gasteiger partial charge in [0.2, 0.25) is 0 Å². The zero-order valence-corrected chi connectivity index (χ0v) is 15.6. The average molecular weight is 344 g/mol. The molecule has 1 N–H and O–H groups in total. The molecule has 0 aromatic carbocycles. The third kappa shape index (κ3) is 4.89. The van der Waals surface area contributed by atoms with Crippen molar-refractivity contribution in [3.63, 3.8) is 0 Å². The number of aromatic nitrogens is 2. The highest BCUT2D eigenvalue weighted by atomic mass is 16.2. The Kier molecular flexibility index (Phi) is 6.70. The van der Waals surface area contributed by atoms with Gasteiger partial charge in [-0.2, -0.15) is 0 Å². The van der Waals surface area contributed by atoms with Crippen molar-refractivity contribution in [2.45, 2.75) is 46.6 Å². The fourth-order valence-corrected chi connectivity index (χ4v) is 2.87. The van der Waals surface area contributed by atoms with Gasteiger partial charge < -0.3 is 10.2 Å². The van der Waals surface area contributed by atoms with Gasteiger partial charge in [-0.05, 0) is 58.0 Å². The zero-order chi connectivity index (χ0) is 18.4. The van der Waals surface area contributed by atoms with Gasteiger partial charge in [0.15, 0.2) is 0 Å². The first-order valence-electron chi connectivity index (χ1n) is 8.97. The molecule has 1 atom stereocenters. The van der Waals surface area contributed by atoms with E-state index in [2.05, 4.69) is 29.0 Å². The van der Waals surface area contributed by atoms with Gasteiger partial charge in [0.1, 0.15) is 11.2 Å². The Labute approximate surface area is 148 Å². The third-order valence-electron chi connectivity index (χ3n) is 4.48. The van der Waals surface area contributed by atoms with Gasteiger partial charge in [-0.3, -0.25) is 14.0 Å². The van der Waals surface area contributed by atoms with Crippen molar-refractivity contribution in [1.82, 2.24) is 19.6 Å². The Morgan fingerprint density at radius 3 is 2.72 bits per heavy atom. The van der Waals surface area contributed by atoms with Gasteiger partial charge in [0.25, 0.3) is 11.5 Å². The van der Waals surface area contributed by atoms with E-state index < -0.39 is 0 Å². The van der Waals surface area contributed by atoms with E-state index in [0.29, 0.717) is 5.65 Å². The second-order valence-electron chi connectivity index (χ2n) is 6.46. The number of nitrogens with one attached hydrogen (secondary N) is 1. The summed E-state index contributed by atoms with van der Waals surface area (Å²) in [4.78, 5) is 31.6. The molecule has 0 aliphatic rings. The SMILES string of the molecule is CCN(CC)CCC[C@H](C)NC(=O)c1cnc2ccc(C)cn2c1=O. The lowest BCUT2D eigenvalue weighted by Gasteiger charge is -2.19. The molecule has 6 heteroatoms. The molecule has 25 heavy (non-hydrogen) atoms. The van der Waals surface area contributed by atoms with Crippen LogP contribution in [0.1, 0.15) is 49.5 Å². The molecule has 2 heterocycles. The van der Waals surface area contributed by atoms with Gasteiger partial charge in [0, 0.05) is 18.4 Å². The Bertz CT molecular complexity index is 781. The molecule has 2 aromatic rings. The van der Waals surface area contributed by atoms with E-state index in [1.165, 1.54) is 10.6 Å². The van der Waals surface area contributed by atoms with E-state index in [1.54, 1.807) is 12.3 Å². The lowest BCUT2D eigenvalue weighted by molar-refractivity contribution is 0.0935. The predicted octanol–water partition coefficient (Wildman–Crippen LogP) is 2.24. The van der Waals surface area contributed by atoms with Crippen molar-refractivity contribution in [3.8, 4) is 0 Å². The molecule has 2 aromatic heterocycles. The number of carbonyl (C=O) groups is 1. The Morgan fingerprint density at radius 1 is 1.32 bits per heavy atom. The van der Waals surface area contributed by atoms with Crippen LogP contribution < -0.4 is 10.9 Å². The number of aryl methyl sites for hydroxylation is 1. The number of nitrogens with zero attached hydrogens (tertiary/aromatic N) is 3. The molecule has 6 nitrogen and oxygen atoms in total. The van der Waals surface area contributed by atoms with E-state index in [4.69, 9.17) is 0 Å². The molecule has 0 saturated carbocycles. The predicted molar refractivity (Wildman–Crippen MR) is 100 cm³/mol. The Balaban J connectivity index is 2.02. The summed E-state index contributed by atoms with van der Waals surface area (Å²) >= 11 is 0. The summed E-state index contributed by atoms with van der Waals surface area (Å²) in [5, 5.41) is 2.92. The second-order valence-corrected chi connectivity index (χ2v) is 6.46. The van der Waals surface area contributed by atoms with Crippen LogP contribution in [0.3, 0.4) is 0 Å². The quantitative estimate of drug-likeness (QED) is 0.797. The highest BCUT2D eigenvalue weighted by molar-refractivity contribution is 5.93. The summed E-state index contributed by atoms with van der Waals surface area (Å²) in [6, 6.07) is 3.67. The van der Waals surface area contributed by atoms with Crippen LogP contribution in [0.25, 0.3) is 5.65 Å². The summed E-state index contributed by atoms with van der Waals surface area (Å²) in [5.41, 5.74) is 1.23. The van der Waals surface area contributed by atoms with Gasteiger partial charge in [-0.15, -0.1) is 0 Å². The molecular formula is C19H28N4O2. The molecule has 0 radical (unpaired) electrons. The number of hydrogen-bond donors (Lipinski definition) is 1. The molecule has 1 amide bonds. The lowest BCUT2D eigenvalue weighted by atomic mass is 10.1. The first-order chi connectivity index (χ1) is 12.0. The van der Waals surface area contributed by atoms with Crippen molar-refractivity contribution < 1.29 is 4.79 Å². The molecule has 136 valence electrons. The van der Waals surface area contributed by atoms with Gasteiger partial charge in [0.05, 0.1) is 0 Å². The first-order valence-corrected chi connectivity index (χ1v) is 8.97. The van der Waals surface area contributed by atoms with E-state index in [9.17, 15) is 9.59 Å². The van der Waals surface area contributed by atoms with Gasteiger partial charge >= 0.3 is 0 Å². The maximum atomic E-state index is 12.5. The van der Waals surface area contributed by atoms with E-state index in [0.717, 1.165) is 38.0 Å². The molecule has 0 spiro atoms. The molecule has 0 unspecified atom stereocenters. The standard InChI is InChI=1S/C19H28N4O2/c1-5-22(6-2)11-7-8-15(4)21-18(24)16-12-20-17-10-9-14(3)13-23(17)19(16)25/h9-10,12-13,15H,5-8,11H2,1-4H3,(H,21,24)/t15-/m0/s1. The van der Waals surface area contributed by atoms with Crippen molar-refractivity contribution in [2.24, 2.45) is 0 Å². The van der Waals surface area contributed by atoms with Gasteiger partial charge in [-0.25, -0.2) is 4.98 Å². The first kappa shape index (κ1) is 19.1. The topological polar surface area (TPSA) is 66.7 Å². The minimum atomic E-state index is -0.358. The van der Waals surface area contributed by atoms with Crippen LogP contribution in [-0.2, 0) is 0 Å². The highest BCUT2D eigenvalue weighted by Gasteiger charge is 2.15. The summed E-state index contributed by atoms with van der Waals surface area (Å²) in [7, 11) is 0. The number of pyridine rings is 1. The molecule has 0 aliphatic heterocycles. The molecule has 0 aliphatic carbocycles. The monoisotopic (exact) mass is 344 g/mol. The van der Waals surface area contributed by atoms with Crippen molar-refractivity contribution in [2.75, 3.05) is 19.6 Å². The normalized spacial score (nSPS) is 12.5. The largest absolute Gasteiger partial charge is 0.349 e. The summed E-state index contributed by atoms with van der Waals surface area (Å²) in [5.74, 6) is -0.358. The smallest absolute Gasteiger partial charge is 0.270 e. The number of amides is 1. The molecular weight excluding hydrogens is 316 g/mol. The van der Waals surface area contributed by atoms with Gasteiger partial charge in [-0.1, -0.05) is 19.9 Å². The Hall–Kier alpha value is -2.21. The average Bonchev–Trinajstić information content (AvgIpc) is 2.59. The summed E-state index contributed by atoms with van der Waals surface area (Å²) in [6.07, 6.45) is 4.96. The van der Waals surface area contributed by atoms with Crippen LogP contribution in [-0.4, -0.2) is 45.9 Å². The van der Waals surface area contributed by atoms with E-state index in [1.807, 2.05) is 19.9 Å². The Morgan fingerprint density at radius 2 is 2.04 bits per heavy atom. The molecule has 0 bridgehead atoms. The summed E-state index contributed by atoms with van der Waals surface area (Å²) in [6.45, 7) is 11.3. The van der Waals surface area contributed by atoms with Crippen LogP contribution in [0.5, 0.6) is 0 Å². The molecule has 0 fully saturated rings. The number of carbonyl (C=O) groups excluding carboxylic acids is 1. The third-order valence-corrected chi connectivity index (χ3v) is 4.48. The number of fused-ring (bicyclic) bond motifs is 1. The van der Waals surface area contributed by atoms with Crippen LogP contribution in [0.2, 0.25) is 0 Å². The van der Waals surface area contributed by atoms with E-state index >= 15 is 0 Å². The van der Waals surface area contributed by atoms with Crippen LogP contribution in [0.15, 0.2) is 29.3 Å². The van der Waals surface area contributed by atoms with Crippen molar-refractivity contribution in [1.29, 1.82) is 0 Å². The second kappa shape index (κ2) is 8.76. The molecule has 2 rings (SSSR count). The molecule has 0 saturated heterocycles. The number of hydrogen-bond acceptors (Lipinski definition) is 4. The minimum absolute atomic E-state index is 0.0145. The fourth-order valence-electron chi connectivity index (χ4n) is 2.87. The maximum absolute atomic E-state index is 12.5. The van der Waals surface area contributed by atoms with E-state index in [-0.39, 0.29) is 23.1 Å². The fraction of sp³-hybridized carbons (Fsp3) is 0.526. The van der Waals surface area contributed by atoms with Crippen LogP contribution in [0.4, 0.5) is 0 Å². The zero-order valence-electron chi connectivity index (χ0n) is 15.6. The van der Waals surface area contributed by atoms with Crippen LogP contribution >= 0.6 is 0 Å². The van der Waals surface area contributed by atoms with Crippen LogP contribution in [0, 0.1) is 6.92 Å².